The summed E-state index contributed by atoms with van der Waals surface area (Å²) in [6, 6.07) is 9.35. The van der Waals surface area contributed by atoms with Crippen LogP contribution in [-0.2, 0) is 9.73 Å². The maximum Gasteiger partial charge on any atom is 0.0723 e. The Labute approximate surface area is 85.8 Å². The number of rotatable bonds is 4. The van der Waals surface area contributed by atoms with E-state index in [1.54, 1.807) is 12.3 Å². The third-order valence-corrected chi connectivity index (χ3v) is 3.67. The van der Waals surface area contributed by atoms with Crippen LogP contribution in [0.3, 0.4) is 0 Å². The molecule has 0 aromatic heterocycles. The second kappa shape index (κ2) is 4.96. The Bertz CT molecular complexity index is 403. The van der Waals surface area contributed by atoms with Gasteiger partial charge in [-0.3, -0.25) is 0 Å². The Morgan fingerprint density at radius 2 is 2.07 bits per heavy atom. The molecule has 0 saturated heterocycles. The van der Waals surface area contributed by atoms with Crippen molar-refractivity contribution in [2.75, 3.05) is 12.8 Å². The molecule has 3 heteroatoms. The molecule has 0 amide bonds. The van der Waals surface area contributed by atoms with Gasteiger partial charge in [0, 0.05) is 11.2 Å². The monoisotopic (exact) mass is 209 g/mol. The average molecular weight is 209 g/mol. The first-order chi connectivity index (χ1) is 6.67. The summed E-state index contributed by atoms with van der Waals surface area (Å²) in [5.41, 5.74) is 0. The van der Waals surface area contributed by atoms with E-state index in [1.165, 1.54) is 0 Å². The smallest absolute Gasteiger partial charge is 0.0723 e. The summed E-state index contributed by atoms with van der Waals surface area (Å²) in [7, 11) is -2.21. The molecule has 0 saturated carbocycles. The highest BCUT2D eigenvalue weighted by Gasteiger charge is 2.02. The Kier molecular flexibility index (Phi) is 3.89. The molecule has 1 unspecified atom stereocenters. The van der Waals surface area contributed by atoms with Crippen molar-refractivity contribution in [3.8, 4) is 0 Å². The normalized spacial score (nSPS) is 14.4. The van der Waals surface area contributed by atoms with Gasteiger partial charge in [0.15, 0.2) is 0 Å². The van der Waals surface area contributed by atoms with E-state index in [0.717, 1.165) is 11.3 Å². The standard InChI is InChI=1S/C11H15NOS/c1-3-4-10-12-14(2,13)11-8-6-5-7-9-11/h3,5-9H,1,4,10H2,2H3. The Morgan fingerprint density at radius 1 is 1.43 bits per heavy atom. The SMILES string of the molecule is C=CCCN=S(C)(=O)c1ccccc1. The molecule has 1 aromatic rings. The molecule has 0 bridgehead atoms. The van der Waals surface area contributed by atoms with E-state index in [9.17, 15) is 4.21 Å². The molecule has 0 N–H and O–H groups in total. The highest BCUT2D eigenvalue weighted by molar-refractivity contribution is 7.93. The van der Waals surface area contributed by atoms with E-state index in [2.05, 4.69) is 10.9 Å². The predicted octanol–water partition coefficient (Wildman–Crippen LogP) is 2.72. The topological polar surface area (TPSA) is 29.4 Å². The van der Waals surface area contributed by atoms with E-state index in [4.69, 9.17) is 0 Å². The molecule has 76 valence electrons. The van der Waals surface area contributed by atoms with Gasteiger partial charge in [0.2, 0.25) is 0 Å². The zero-order valence-corrected chi connectivity index (χ0v) is 9.17. The Balaban J connectivity index is 2.91. The maximum atomic E-state index is 12.1. The summed E-state index contributed by atoms with van der Waals surface area (Å²) in [4.78, 5) is 0.795. The molecule has 0 radical (unpaired) electrons. The summed E-state index contributed by atoms with van der Waals surface area (Å²) in [5.74, 6) is 0. The molecule has 0 heterocycles. The summed E-state index contributed by atoms with van der Waals surface area (Å²) in [6.45, 7) is 4.18. The molecule has 0 aliphatic rings. The first-order valence-electron chi connectivity index (χ1n) is 4.51. The van der Waals surface area contributed by atoms with Crippen LogP contribution < -0.4 is 0 Å². The van der Waals surface area contributed by atoms with Crippen LogP contribution in [-0.4, -0.2) is 17.0 Å². The molecule has 1 rings (SSSR count). The van der Waals surface area contributed by atoms with Gasteiger partial charge in [0.25, 0.3) is 0 Å². The van der Waals surface area contributed by atoms with Crippen LogP contribution in [0, 0.1) is 0 Å². The van der Waals surface area contributed by atoms with Gasteiger partial charge in [-0.15, -0.1) is 6.58 Å². The molecule has 0 aliphatic heterocycles. The first kappa shape index (κ1) is 11.0. The van der Waals surface area contributed by atoms with Gasteiger partial charge in [-0.05, 0) is 18.6 Å². The molecule has 1 atom stereocenters. The number of hydrogen-bond donors (Lipinski definition) is 0. The molecule has 0 fully saturated rings. The molecule has 1 aromatic carbocycles. The van der Waals surface area contributed by atoms with Crippen molar-refractivity contribution in [1.29, 1.82) is 0 Å². The van der Waals surface area contributed by atoms with Crippen molar-refractivity contribution in [2.24, 2.45) is 4.36 Å². The van der Waals surface area contributed by atoms with Gasteiger partial charge in [-0.25, -0.2) is 8.57 Å². The van der Waals surface area contributed by atoms with Crippen molar-refractivity contribution in [3.05, 3.63) is 43.0 Å². The lowest BCUT2D eigenvalue weighted by molar-refractivity contribution is 0.678. The van der Waals surface area contributed by atoms with E-state index in [-0.39, 0.29) is 0 Å². The fourth-order valence-electron chi connectivity index (χ4n) is 1.07. The largest absolute Gasteiger partial charge is 0.245 e. The maximum absolute atomic E-state index is 12.1. The summed E-state index contributed by atoms with van der Waals surface area (Å²) >= 11 is 0. The first-order valence-corrected chi connectivity index (χ1v) is 6.43. The van der Waals surface area contributed by atoms with Crippen LogP contribution >= 0.6 is 0 Å². The second-order valence-corrected chi connectivity index (χ2v) is 5.38. The van der Waals surface area contributed by atoms with Crippen molar-refractivity contribution in [3.63, 3.8) is 0 Å². The fourth-order valence-corrected chi connectivity index (χ4v) is 2.33. The summed E-state index contributed by atoms with van der Waals surface area (Å²) in [6.07, 6.45) is 4.23. The van der Waals surface area contributed by atoms with Crippen molar-refractivity contribution >= 4 is 9.73 Å². The van der Waals surface area contributed by atoms with E-state index in [1.807, 2.05) is 30.3 Å². The Morgan fingerprint density at radius 3 is 2.64 bits per heavy atom. The quantitative estimate of drug-likeness (QED) is 0.554. The lowest BCUT2D eigenvalue weighted by Gasteiger charge is -2.02. The second-order valence-electron chi connectivity index (χ2n) is 3.05. The minimum atomic E-state index is -2.21. The average Bonchev–Trinajstić information content (AvgIpc) is 2.19. The molecule has 2 nitrogen and oxygen atoms in total. The zero-order chi connectivity index (χ0) is 10.4. The lowest BCUT2D eigenvalue weighted by atomic mass is 10.4. The van der Waals surface area contributed by atoms with Crippen LogP contribution in [0.25, 0.3) is 0 Å². The van der Waals surface area contributed by atoms with Crippen LogP contribution in [0.4, 0.5) is 0 Å². The minimum absolute atomic E-state index is 0.577. The van der Waals surface area contributed by atoms with E-state index < -0.39 is 9.73 Å². The van der Waals surface area contributed by atoms with Crippen LogP contribution in [0.15, 0.2) is 52.2 Å². The van der Waals surface area contributed by atoms with Gasteiger partial charge in [0.05, 0.1) is 16.3 Å². The van der Waals surface area contributed by atoms with Gasteiger partial charge < -0.3 is 0 Å². The highest BCUT2D eigenvalue weighted by atomic mass is 32.2. The van der Waals surface area contributed by atoms with Crippen molar-refractivity contribution < 1.29 is 4.21 Å². The molecule has 0 spiro atoms. The minimum Gasteiger partial charge on any atom is -0.245 e. The van der Waals surface area contributed by atoms with Crippen molar-refractivity contribution in [2.45, 2.75) is 11.3 Å². The van der Waals surface area contributed by atoms with E-state index in [0.29, 0.717) is 6.54 Å². The predicted molar refractivity (Wildman–Crippen MR) is 60.9 cm³/mol. The molecule has 14 heavy (non-hydrogen) atoms. The third-order valence-electron chi connectivity index (χ3n) is 1.85. The number of hydrogen-bond acceptors (Lipinski definition) is 2. The van der Waals surface area contributed by atoms with E-state index >= 15 is 0 Å². The molecular formula is C11H15NOS. The fraction of sp³-hybridized carbons (Fsp3) is 0.273. The van der Waals surface area contributed by atoms with Crippen molar-refractivity contribution in [1.82, 2.24) is 0 Å². The molecule has 0 aliphatic carbocycles. The van der Waals surface area contributed by atoms with Gasteiger partial charge >= 0.3 is 0 Å². The number of benzene rings is 1. The lowest BCUT2D eigenvalue weighted by Crippen LogP contribution is -1.98. The number of nitrogens with zero attached hydrogens (tertiary/aromatic N) is 1. The van der Waals surface area contributed by atoms with Crippen LogP contribution in [0.5, 0.6) is 0 Å². The zero-order valence-electron chi connectivity index (χ0n) is 8.35. The third kappa shape index (κ3) is 3.00. The van der Waals surface area contributed by atoms with Gasteiger partial charge in [0.1, 0.15) is 0 Å². The van der Waals surface area contributed by atoms with Gasteiger partial charge in [-0.1, -0.05) is 24.3 Å². The summed E-state index contributed by atoms with van der Waals surface area (Å²) in [5, 5.41) is 0. The highest BCUT2D eigenvalue weighted by Crippen LogP contribution is 2.10. The van der Waals surface area contributed by atoms with Gasteiger partial charge in [-0.2, -0.15) is 0 Å². The molecular weight excluding hydrogens is 194 g/mol. The van der Waals surface area contributed by atoms with Crippen LogP contribution in [0.2, 0.25) is 0 Å². The summed E-state index contributed by atoms with van der Waals surface area (Å²) < 4.78 is 16.2. The van der Waals surface area contributed by atoms with Crippen LogP contribution in [0.1, 0.15) is 6.42 Å². The Hall–Kier alpha value is -1.09.